The molecular weight excluding hydrogens is 254 g/mol. The first-order valence-corrected chi connectivity index (χ1v) is 4.97. The van der Waals surface area contributed by atoms with Crippen LogP contribution in [0.25, 0.3) is 5.65 Å². The number of hydrogen-bond acceptors (Lipinski definition) is 3. The molecule has 2 aromatic rings. The van der Waals surface area contributed by atoms with Gasteiger partial charge < -0.3 is 4.74 Å². The molecule has 7 heteroatoms. The van der Waals surface area contributed by atoms with E-state index in [1.54, 1.807) is 6.07 Å². The maximum Gasteiger partial charge on any atom is 0.272 e. The Bertz CT molecular complexity index is 627. The number of rotatable bonds is 2. The monoisotopic (exact) mass is 260 g/mol. The van der Waals surface area contributed by atoms with Crippen molar-refractivity contribution < 1.29 is 13.5 Å². The molecule has 0 spiro atoms. The van der Waals surface area contributed by atoms with Gasteiger partial charge in [0.2, 0.25) is 0 Å². The Hall–Kier alpha value is -1.69. The van der Waals surface area contributed by atoms with Crippen molar-refractivity contribution in [1.29, 1.82) is 0 Å². The SMILES string of the molecule is COc1cccn2c(=O)c(C(F)F)c(Cl)nc12. The van der Waals surface area contributed by atoms with Gasteiger partial charge >= 0.3 is 0 Å². The highest BCUT2D eigenvalue weighted by Gasteiger charge is 2.21. The molecule has 90 valence electrons. The molecule has 0 aliphatic carbocycles. The Morgan fingerprint density at radius 2 is 2.24 bits per heavy atom. The van der Waals surface area contributed by atoms with Crippen LogP contribution in [0.5, 0.6) is 5.75 Å². The molecule has 0 aromatic carbocycles. The summed E-state index contributed by atoms with van der Waals surface area (Å²) in [6.07, 6.45) is -1.64. The van der Waals surface area contributed by atoms with Crippen LogP contribution in [0.15, 0.2) is 23.1 Å². The Kier molecular flexibility index (Phi) is 2.97. The largest absolute Gasteiger partial charge is 0.493 e. The number of nitrogens with zero attached hydrogens (tertiary/aromatic N) is 2. The topological polar surface area (TPSA) is 43.6 Å². The average molecular weight is 261 g/mol. The van der Waals surface area contributed by atoms with E-state index in [2.05, 4.69) is 4.98 Å². The molecule has 0 radical (unpaired) electrons. The lowest BCUT2D eigenvalue weighted by molar-refractivity contribution is 0.149. The fraction of sp³-hybridized carbons (Fsp3) is 0.200. The minimum atomic E-state index is -2.97. The van der Waals surface area contributed by atoms with Crippen LogP contribution in [0.2, 0.25) is 5.15 Å². The third kappa shape index (κ3) is 1.84. The fourth-order valence-corrected chi connectivity index (χ4v) is 1.71. The molecule has 17 heavy (non-hydrogen) atoms. The molecular formula is C10H7ClF2N2O2. The van der Waals surface area contributed by atoms with Crippen molar-refractivity contribution in [3.05, 3.63) is 39.4 Å². The minimum absolute atomic E-state index is 0.106. The lowest BCUT2D eigenvalue weighted by Gasteiger charge is -2.08. The Balaban J connectivity index is 2.91. The van der Waals surface area contributed by atoms with Crippen LogP contribution in [0.1, 0.15) is 12.0 Å². The molecule has 0 saturated carbocycles. The molecule has 2 aromatic heterocycles. The molecule has 0 aliphatic heterocycles. The highest BCUT2D eigenvalue weighted by molar-refractivity contribution is 6.30. The number of methoxy groups -OCH3 is 1. The minimum Gasteiger partial charge on any atom is -0.493 e. The standard InChI is InChI=1S/C10H7ClF2N2O2/c1-17-5-3-2-4-15-9(5)14-7(11)6(8(12)13)10(15)16/h2-4,8H,1H3. The van der Waals surface area contributed by atoms with E-state index in [9.17, 15) is 13.6 Å². The van der Waals surface area contributed by atoms with Crippen LogP contribution in [0.4, 0.5) is 8.78 Å². The highest BCUT2D eigenvalue weighted by Crippen LogP contribution is 2.24. The number of aromatic nitrogens is 2. The van der Waals surface area contributed by atoms with Gasteiger partial charge in [-0.05, 0) is 12.1 Å². The van der Waals surface area contributed by atoms with Gasteiger partial charge in [-0.1, -0.05) is 11.6 Å². The maximum atomic E-state index is 12.6. The van der Waals surface area contributed by atoms with E-state index >= 15 is 0 Å². The van der Waals surface area contributed by atoms with Crippen LogP contribution in [-0.4, -0.2) is 16.5 Å². The zero-order valence-electron chi connectivity index (χ0n) is 8.65. The van der Waals surface area contributed by atoms with Crippen LogP contribution < -0.4 is 10.3 Å². The summed E-state index contributed by atoms with van der Waals surface area (Å²) in [5.74, 6) is 0.285. The Morgan fingerprint density at radius 3 is 2.82 bits per heavy atom. The molecule has 0 aliphatic rings. The van der Waals surface area contributed by atoms with Gasteiger partial charge in [0.1, 0.15) is 10.7 Å². The van der Waals surface area contributed by atoms with Crippen LogP contribution in [0, 0.1) is 0 Å². The van der Waals surface area contributed by atoms with Gasteiger partial charge in [-0.3, -0.25) is 9.20 Å². The average Bonchev–Trinajstić information content (AvgIpc) is 2.28. The smallest absolute Gasteiger partial charge is 0.272 e. The quantitative estimate of drug-likeness (QED) is 0.778. The summed E-state index contributed by atoms with van der Waals surface area (Å²) in [5.41, 5.74) is -1.60. The van der Waals surface area contributed by atoms with Gasteiger partial charge in [-0.15, -0.1) is 0 Å². The van der Waals surface area contributed by atoms with Crippen molar-refractivity contribution in [2.45, 2.75) is 6.43 Å². The lowest BCUT2D eigenvalue weighted by atomic mass is 10.3. The first kappa shape index (κ1) is 11.8. The number of pyridine rings is 1. The number of fused-ring (bicyclic) bond motifs is 1. The number of alkyl halides is 2. The predicted molar refractivity (Wildman–Crippen MR) is 58.0 cm³/mol. The lowest BCUT2D eigenvalue weighted by Crippen LogP contribution is -2.20. The molecule has 4 nitrogen and oxygen atoms in total. The van der Waals surface area contributed by atoms with Gasteiger partial charge in [-0.2, -0.15) is 0 Å². The third-order valence-corrected chi connectivity index (χ3v) is 2.53. The van der Waals surface area contributed by atoms with E-state index < -0.39 is 22.7 Å². The van der Waals surface area contributed by atoms with Gasteiger partial charge in [0, 0.05) is 6.20 Å². The van der Waals surface area contributed by atoms with Gasteiger partial charge in [0.05, 0.1) is 7.11 Å². The maximum absolute atomic E-state index is 12.6. The van der Waals surface area contributed by atoms with Gasteiger partial charge in [-0.25, -0.2) is 13.8 Å². The first-order valence-electron chi connectivity index (χ1n) is 4.59. The number of halogens is 3. The van der Waals surface area contributed by atoms with Crippen molar-refractivity contribution in [2.75, 3.05) is 7.11 Å². The Morgan fingerprint density at radius 1 is 1.53 bits per heavy atom. The van der Waals surface area contributed by atoms with E-state index in [-0.39, 0.29) is 11.4 Å². The third-order valence-electron chi connectivity index (χ3n) is 2.24. The van der Waals surface area contributed by atoms with Crippen molar-refractivity contribution in [3.8, 4) is 5.75 Å². The van der Waals surface area contributed by atoms with E-state index in [1.165, 1.54) is 19.4 Å². The summed E-state index contributed by atoms with van der Waals surface area (Å²) in [4.78, 5) is 15.5. The molecule has 2 heterocycles. The molecule has 0 atom stereocenters. The highest BCUT2D eigenvalue weighted by atomic mass is 35.5. The van der Waals surface area contributed by atoms with Gasteiger partial charge in [0.25, 0.3) is 12.0 Å². The summed E-state index contributed by atoms with van der Waals surface area (Å²) < 4.78 is 31.2. The molecule has 0 amide bonds. The van der Waals surface area contributed by atoms with E-state index in [0.717, 1.165) is 4.40 Å². The van der Waals surface area contributed by atoms with Gasteiger partial charge in [0.15, 0.2) is 11.4 Å². The van der Waals surface area contributed by atoms with Crippen LogP contribution >= 0.6 is 11.6 Å². The molecule has 0 N–H and O–H groups in total. The van der Waals surface area contributed by atoms with E-state index in [1.807, 2.05) is 0 Å². The molecule has 0 saturated heterocycles. The molecule has 2 rings (SSSR count). The summed E-state index contributed by atoms with van der Waals surface area (Å²) in [6, 6.07) is 3.05. The first-order chi connectivity index (χ1) is 8.06. The zero-order chi connectivity index (χ0) is 12.6. The van der Waals surface area contributed by atoms with Crippen molar-refractivity contribution in [2.24, 2.45) is 0 Å². The Labute approximate surface area is 99.4 Å². The number of ether oxygens (including phenoxy) is 1. The number of hydrogen-bond donors (Lipinski definition) is 0. The second-order valence-electron chi connectivity index (χ2n) is 3.19. The summed E-state index contributed by atoms with van der Waals surface area (Å²) in [6.45, 7) is 0. The summed E-state index contributed by atoms with van der Waals surface area (Å²) >= 11 is 5.57. The van der Waals surface area contributed by atoms with E-state index in [4.69, 9.17) is 16.3 Å². The normalized spacial score (nSPS) is 11.1. The van der Waals surface area contributed by atoms with Crippen molar-refractivity contribution in [1.82, 2.24) is 9.38 Å². The summed E-state index contributed by atoms with van der Waals surface area (Å²) in [5, 5.41) is -0.505. The molecule has 0 unspecified atom stereocenters. The van der Waals surface area contributed by atoms with Crippen LogP contribution in [-0.2, 0) is 0 Å². The van der Waals surface area contributed by atoms with E-state index in [0.29, 0.717) is 0 Å². The molecule has 0 bridgehead atoms. The second-order valence-corrected chi connectivity index (χ2v) is 3.55. The predicted octanol–water partition coefficient (Wildman–Crippen LogP) is 2.29. The van der Waals surface area contributed by atoms with Crippen LogP contribution in [0.3, 0.4) is 0 Å². The zero-order valence-corrected chi connectivity index (χ0v) is 9.41. The fourth-order valence-electron chi connectivity index (χ4n) is 1.47. The summed E-state index contributed by atoms with van der Waals surface area (Å²) in [7, 11) is 1.39. The van der Waals surface area contributed by atoms with Crippen molar-refractivity contribution in [3.63, 3.8) is 0 Å². The second kappa shape index (κ2) is 4.29. The van der Waals surface area contributed by atoms with Crippen molar-refractivity contribution >= 4 is 17.2 Å². The molecule has 0 fully saturated rings.